The first-order valence-electron chi connectivity index (χ1n) is 7.05. The molecule has 1 aliphatic carbocycles. The molecule has 0 spiro atoms. The Hall–Kier alpha value is -1.68. The summed E-state index contributed by atoms with van der Waals surface area (Å²) in [6.07, 6.45) is 4.33. The Morgan fingerprint density at radius 3 is 2.70 bits per heavy atom. The summed E-state index contributed by atoms with van der Waals surface area (Å²) in [7, 11) is -1.69. The Morgan fingerprint density at radius 2 is 2.13 bits per heavy atom. The molecule has 0 fully saturated rings. The average molecular weight is 337 g/mol. The van der Waals surface area contributed by atoms with Gasteiger partial charge in [-0.25, -0.2) is 9.78 Å². The monoisotopic (exact) mass is 337 g/mol. The van der Waals surface area contributed by atoms with E-state index in [0.29, 0.717) is 15.0 Å². The van der Waals surface area contributed by atoms with Crippen LogP contribution >= 0.6 is 11.3 Å². The number of fused-ring (bicyclic) bond motifs is 1. The molecular formula is C14H20BN3O4S. The van der Waals surface area contributed by atoms with E-state index in [1.54, 1.807) is 39.8 Å². The van der Waals surface area contributed by atoms with Gasteiger partial charge in [0, 0.05) is 5.47 Å². The number of aromatic nitrogens is 1. The summed E-state index contributed by atoms with van der Waals surface area (Å²) < 4.78 is 5.82. The summed E-state index contributed by atoms with van der Waals surface area (Å²) in [5.74, 6) is 0. The number of anilines is 1. The highest BCUT2D eigenvalue weighted by atomic mass is 32.1. The third-order valence-electron chi connectivity index (χ3n) is 2.88. The number of allylic oxidation sites excluding steroid dienone is 1. The molecule has 9 heteroatoms. The maximum atomic E-state index is 11.8. The molecule has 1 heterocycles. The molecule has 1 aromatic rings. The lowest BCUT2D eigenvalue weighted by atomic mass is 9.78. The Bertz CT molecular complexity index is 762. The molecule has 1 aromatic heterocycles. The van der Waals surface area contributed by atoms with Crippen molar-refractivity contribution in [3.05, 3.63) is 22.0 Å². The fourth-order valence-corrected chi connectivity index (χ4v) is 3.02. The molecule has 5 N–H and O–H groups in total. The first-order chi connectivity index (χ1) is 10.5. The number of hydrogen-bond donors (Lipinski definition) is 4. The van der Waals surface area contributed by atoms with E-state index in [1.807, 2.05) is 0 Å². The van der Waals surface area contributed by atoms with E-state index < -0.39 is 24.4 Å². The Balaban J connectivity index is 2.44. The van der Waals surface area contributed by atoms with Crippen LogP contribution in [0.4, 0.5) is 9.93 Å². The Labute approximate surface area is 138 Å². The van der Waals surface area contributed by atoms with E-state index in [4.69, 9.17) is 10.5 Å². The zero-order chi connectivity index (χ0) is 17.4. The van der Waals surface area contributed by atoms with Crippen molar-refractivity contribution in [1.29, 1.82) is 0 Å². The average Bonchev–Trinajstić information content (AvgIpc) is 2.62. The standard InChI is InChI=1S/C14H20BN3O4S/c1-13(2,3)22-12(19)18-11-17-10-8(15(20)21)5-6-14(4,16)7-9(10)23-11/h5-7,20-21H,16H2,1-4H3,(H,17,18,19). The number of carbonyl (C=O) groups is 1. The quantitative estimate of drug-likeness (QED) is 0.552. The van der Waals surface area contributed by atoms with Gasteiger partial charge < -0.3 is 20.5 Å². The van der Waals surface area contributed by atoms with E-state index >= 15 is 0 Å². The van der Waals surface area contributed by atoms with E-state index in [0.717, 1.165) is 0 Å². The highest BCUT2D eigenvalue weighted by Crippen LogP contribution is 2.14. The van der Waals surface area contributed by atoms with Crippen LogP contribution in [0, 0.1) is 0 Å². The van der Waals surface area contributed by atoms with Crippen LogP contribution < -0.4 is 20.9 Å². The van der Waals surface area contributed by atoms with Gasteiger partial charge in [0.05, 0.1) is 15.4 Å². The van der Waals surface area contributed by atoms with Crippen LogP contribution in [0.5, 0.6) is 0 Å². The van der Waals surface area contributed by atoms with Gasteiger partial charge in [-0.15, -0.1) is 0 Å². The molecule has 0 saturated carbocycles. The smallest absolute Gasteiger partial charge is 0.444 e. The van der Waals surface area contributed by atoms with Gasteiger partial charge in [0.15, 0.2) is 5.13 Å². The Kier molecular flexibility index (Phi) is 4.67. The second-order valence-corrected chi connectivity index (χ2v) is 7.56. The number of hydrogen-bond acceptors (Lipinski definition) is 7. The lowest BCUT2D eigenvalue weighted by molar-refractivity contribution is 0.0636. The number of rotatable bonds is 2. The van der Waals surface area contributed by atoms with Crippen molar-refractivity contribution >= 4 is 41.2 Å². The lowest BCUT2D eigenvalue weighted by Gasteiger charge is -2.18. The molecule has 7 nitrogen and oxygen atoms in total. The van der Waals surface area contributed by atoms with Gasteiger partial charge in [-0.2, -0.15) is 0 Å². The van der Waals surface area contributed by atoms with Gasteiger partial charge in [-0.1, -0.05) is 23.5 Å². The van der Waals surface area contributed by atoms with Gasteiger partial charge in [0.1, 0.15) is 5.60 Å². The zero-order valence-electron chi connectivity index (χ0n) is 13.5. The van der Waals surface area contributed by atoms with Crippen LogP contribution in [0.2, 0.25) is 0 Å². The van der Waals surface area contributed by atoms with E-state index in [-0.39, 0.29) is 5.47 Å². The minimum absolute atomic E-state index is 0.221. The van der Waals surface area contributed by atoms with Gasteiger partial charge in [0.25, 0.3) is 0 Å². The third kappa shape index (κ3) is 4.65. The van der Waals surface area contributed by atoms with Crippen molar-refractivity contribution < 1.29 is 19.6 Å². The topological polar surface area (TPSA) is 118 Å². The maximum absolute atomic E-state index is 11.8. The van der Waals surface area contributed by atoms with Gasteiger partial charge in [0.2, 0.25) is 0 Å². The largest absolute Gasteiger partial charge is 0.490 e. The first-order valence-corrected chi connectivity index (χ1v) is 7.87. The van der Waals surface area contributed by atoms with Crippen molar-refractivity contribution in [3.8, 4) is 0 Å². The van der Waals surface area contributed by atoms with Gasteiger partial charge in [-0.05, 0) is 33.8 Å². The number of carbonyl (C=O) groups excluding carboxylic acids is 1. The summed E-state index contributed by atoms with van der Waals surface area (Å²) in [5, 5.41) is 22.3. The highest BCUT2D eigenvalue weighted by molar-refractivity contribution is 7.13. The summed E-state index contributed by atoms with van der Waals surface area (Å²) in [5.41, 5.74) is 4.93. The predicted octanol–water partition coefficient (Wildman–Crippen LogP) is -0.280. The molecule has 0 radical (unpaired) electrons. The number of thiazole rings is 1. The lowest BCUT2D eigenvalue weighted by Crippen LogP contribution is -2.35. The fourth-order valence-electron chi connectivity index (χ4n) is 1.97. The maximum Gasteiger partial charge on any atom is 0.490 e. The molecule has 0 aliphatic heterocycles. The van der Waals surface area contributed by atoms with Crippen molar-refractivity contribution in [3.63, 3.8) is 0 Å². The SMILES string of the molecule is CC1(N)C=CC(B(O)O)=c2nc(NC(=O)OC(C)(C)C)sc2=C1. The fraction of sp³-hybridized carbons (Fsp3) is 0.429. The normalized spacial score (nSPS) is 20.4. The number of ether oxygens (including phenoxy) is 1. The molecule has 0 bridgehead atoms. The molecule has 1 atom stereocenters. The van der Waals surface area contributed by atoms with E-state index in [9.17, 15) is 14.8 Å². The molecule has 1 unspecified atom stereocenters. The second kappa shape index (κ2) is 6.08. The third-order valence-corrected chi connectivity index (χ3v) is 3.79. The van der Waals surface area contributed by atoms with Crippen molar-refractivity contribution in [2.24, 2.45) is 5.73 Å². The minimum atomic E-state index is -1.69. The van der Waals surface area contributed by atoms with Crippen LogP contribution in [0.15, 0.2) is 12.2 Å². The molecular weight excluding hydrogens is 317 g/mol. The van der Waals surface area contributed by atoms with Crippen LogP contribution in [0.25, 0.3) is 11.5 Å². The highest BCUT2D eigenvalue weighted by Gasteiger charge is 2.23. The van der Waals surface area contributed by atoms with E-state index in [2.05, 4.69) is 10.3 Å². The zero-order valence-corrected chi connectivity index (χ0v) is 14.3. The van der Waals surface area contributed by atoms with Crippen LogP contribution in [-0.2, 0) is 4.74 Å². The molecule has 1 aliphatic rings. The number of nitrogens with two attached hydrogens (primary N) is 1. The van der Waals surface area contributed by atoms with Crippen LogP contribution in [0.3, 0.4) is 0 Å². The minimum Gasteiger partial charge on any atom is -0.444 e. The number of amides is 1. The summed E-state index contributed by atoms with van der Waals surface area (Å²) >= 11 is 1.18. The molecule has 1 amide bonds. The van der Waals surface area contributed by atoms with Gasteiger partial charge >= 0.3 is 13.2 Å². The molecule has 124 valence electrons. The van der Waals surface area contributed by atoms with Crippen molar-refractivity contribution in [2.75, 3.05) is 5.32 Å². The van der Waals surface area contributed by atoms with Crippen molar-refractivity contribution in [1.82, 2.24) is 4.98 Å². The molecule has 0 saturated heterocycles. The molecule has 2 rings (SSSR count). The van der Waals surface area contributed by atoms with Crippen LogP contribution in [0.1, 0.15) is 27.7 Å². The summed E-state index contributed by atoms with van der Waals surface area (Å²) in [4.78, 5) is 16.1. The number of nitrogens with zero attached hydrogens (tertiary/aromatic N) is 1. The first kappa shape index (κ1) is 17.7. The predicted molar refractivity (Wildman–Crippen MR) is 91.0 cm³/mol. The van der Waals surface area contributed by atoms with Crippen molar-refractivity contribution in [2.45, 2.75) is 38.8 Å². The summed E-state index contributed by atoms with van der Waals surface area (Å²) in [6.45, 7) is 7.06. The number of nitrogens with one attached hydrogen (secondary N) is 1. The van der Waals surface area contributed by atoms with E-state index in [1.165, 1.54) is 17.4 Å². The Morgan fingerprint density at radius 1 is 1.48 bits per heavy atom. The van der Waals surface area contributed by atoms with Gasteiger partial charge in [-0.3, -0.25) is 5.32 Å². The molecule has 23 heavy (non-hydrogen) atoms. The second-order valence-electron chi connectivity index (χ2n) is 6.53. The molecule has 0 aromatic carbocycles. The summed E-state index contributed by atoms with van der Waals surface area (Å²) in [6, 6.07) is 0. The van der Waals surface area contributed by atoms with Crippen LogP contribution in [-0.4, -0.2) is 39.4 Å².